The maximum Gasteiger partial charge on any atom is 0.251 e. The molecule has 4 nitrogen and oxygen atoms in total. The van der Waals surface area contributed by atoms with Crippen LogP contribution in [0.5, 0.6) is 0 Å². The molecule has 0 radical (unpaired) electrons. The lowest BCUT2D eigenvalue weighted by atomic mass is 10.0. The minimum absolute atomic E-state index is 0.0271. The van der Waals surface area contributed by atoms with Gasteiger partial charge in [-0.2, -0.15) is 0 Å². The van der Waals surface area contributed by atoms with Crippen LogP contribution in [0.1, 0.15) is 29.8 Å². The Morgan fingerprint density at radius 1 is 1.32 bits per heavy atom. The molecule has 1 amide bonds. The number of nitrogens with zero attached hydrogens (tertiary/aromatic N) is 1. The van der Waals surface area contributed by atoms with Crippen LogP contribution in [0.15, 0.2) is 18.2 Å². The molecular weight excluding hydrogens is 238 g/mol. The molecule has 0 heterocycles. The number of carbonyl (C=O) groups excluding carboxylic acids is 1. The lowest BCUT2D eigenvalue weighted by Crippen LogP contribution is -2.48. The molecule has 0 saturated heterocycles. The number of carbonyl (C=O) groups is 1. The van der Waals surface area contributed by atoms with Crippen LogP contribution in [-0.2, 0) is 0 Å². The summed E-state index contributed by atoms with van der Waals surface area (Å²) in [5, 5.41) is 6.08. The maximum absolute atomic E-state index is 12.1. The normalized spacial score (nSPS) is 11.5. The van der Waals surface area contributed by atoms with Crippen molar-refractivity contribution >= 4 is 11.6 Å². The molecule has 0 aliphatic carbocycles. The Balaban J connectivity index is 2.72. The lowest BCUT2D eigenvalue weighted by Gasteiger charge is -2.32. The van der Waals surface area contributed by atoms with Gasteiger partial charge in [-0.15, -0.1) is 0 Å². The zero-order valence-corrected chi connectivity index (χ0v) is 12.8. The molecule has 2 N–H and O–H groups in total. The Labute approximate surface area is 116 Å². The van der Waals surface area contributed by atoms with Crippen molar-refractivity contribution in [1.29, 1.82) is 0 Å². The van der Waals surface area contributed by atoms with Crippen LogP contribution in [0.25, 0.3) is 0 Å². The van der Waals surface area contributed by atoms with Crippen LogP contribution in [-0.4, -0.2) is 44.0 Å². The highest BCUT2D eigenvalue weighted by atomic mass is 16.1. The molecule has 0 atom stereocenters. The third kappa shape index (κ3) is 3.96. The van der Waals surface area contributed by atoms with E-state index >= 15 is 0 Å². The molecule has 0 bridgehead atoms. The van der Waals surface area contributed by atoms with E-state index in [0.29, 0.717) is 12.1 Å². The quantitative estimate of drug-likeness (QED) is 0.855. The predicted octanol–water partition coefficient (Wildman–Crippen LogP) is 2.11. The highest BCUT2D eigenvalue weighted by Crippen LogP contribution is 2.16. The van der Waals surface area contributed by atoms with Crippen molar-refractivity contribution in [3.63, 3.8) is 0 Å². The van der Waals surface area contributed by atoms with Crippen LogP contribution in [0.2, 0.25) is 0 Å². The van der Waals surface area contributed by atoms with Gasteiger partial charge in [-0.25, -0.2) is 0 Å². The fourth-order valence-corrected chi connectivity index (χ4v) is 1.64. The molecule has 0 aliphatic rings. The highest BCUT2D eigenvalue weighted by Gasteiger charge is 2.21. The highest BCUT2D eigenvalue weighted by molar-refractivity contribution is 5.94. The number of likely N-dealkylation sites (N-methyl/N-ethyl adjacent to an activating group) is 1. The van der Waals surface area contributed by atoms with Gasteiger partial charge in [0.2, 0.25) is 0 Å². The number of hydrogen-bond acceptors (Lipinski definition) is 3. The van der Waals surface area contributed by atoms with Gasteiger partial charge in [0.25, 0.3) is 5.91 Å². The van der Waals surface area contributed by atoms with E-state index in [2.05, 4.69) is 29.4 Å². The summed E-state index contributed by atoms with van der Waals surface area (Å²) in [7, 11) is 5.90. The van der Waals surface area contributed by atoms with E-state index in [4.69, 9.17) is 0 Å². The van der Waals surface area contributed by atoms with E-state index < -0.39 is 0 Å². The molecule has 0 unspecified atom stereocenters. The monoisotopic (exact) mass is 263 g/mol. The molecule has 4 heteroatoms. The van der Waals surface area contributed by atoms with E-state index in [1.165, 1.54) is 0 Å². The third-order valence-electron chi connectivity index (χ3n) is 3.65. The van der Waals surface area contributed by atoms with Crippen molar-refractivity contribution in [1.82, 2.24) is 10.2 Å². The van der Waals surface area contributed by atoms with Gasteiger partial charge < -0.3 is 15.5 Å². The molecule has 0 fully saturated rings. The standard InChI is InChI=1S/C15H25N3O/c1-11-9-12(7-8-13(11)16-4)14(19)17-10-15(2,3)18(5)6/h7-9,16H,10H2,1-6H3,(H,17,19). The van der Waals surface area contributed by atoms with Crippen molar-refractivity contribution in [2.75, 3.05) is 33.0 Å². The number of anilines is 1. The first kappa shape index (κ1) is 15.5. The molecule has 1 aromatic rings. The van der Waals surface area contributed by atoms with E-state index in [-0.39, 0.29) is 11.4 Å². The Kier molecular flexibility index (Phi) is 4.95. The van der Waals surface area contributed by atoms with E-state index in [1.807, 2.05) is 46.3 Å². The fraction of sp³-hybridized carbons (Fsp3) is 0.533. The summed E-state index contributed by atoms with van der Waals surface area (Å²) in [5.41, 5.74) is 2.76. The second-order valence-electron chi connectivity index (χ2n) is 5.67. The zero-order chi connectivity index (χ0) is 14.6. The van der Waals surface area contributed by atoms with Gasteiger partial charge in [-0.1, -0.05) is 0 Å². The first-order valence-corrected chi connectivity index (χ1v) is 6.52. The van der Waals surface area contributed by atoms with Gasteiger partial charge >= 0.3 is 0 Å². The van der Waals surface area contributed by atoms with Crippen molar-refractivity contribution < 1.29 is 4.79 Å². The Hall–Kier alpha value is -1.55. The molecule has 0 aliphatic heterocycles. The summed E-state index contributed by atoms with van der Waals surface area (Å²) >= 11 is 0. The van der Waals surface area contributed by atoms with Crippen molar-refractivity contribution in [3.8, 4) is 0 Å². The average molecular weight is 263 g/mol. The van der Waals surface area contributed by atoms with Crippen LogP contribution in [0, 0.1) is 6.92 Å². The number of aryl methyl sites for hydroxylation is 1. The number of rotatable bonds is 5. The topological polar surface area (TPSA) is 44.4 Å². The summed E-state index contributed by atoms with van der Waals surface area (Å²) in [5.74, 6) is -0.0271. The molecule has 0 saturated carbocycles. The number of nitrogens with one attached hydrogen (secondary N) is 2. The predicted molar refractivity (Wildman–Crippen MR) is 80.8 cm³/mol. The summed E-state index contributed by atoms with van der Waals surface area (Å²) < 4.78 is 0. The Bertz CT molecular complexity index is 453. The molecule has 0 spiro atoms. The number of benzene rings is 1. The van der Waals surface area contributed by atoms with Crippen LogP contribution >= 0.6 is 0 Å². The van der Waals surface area contributed by atoms with E-state index in [1.54, 1.807) is 0 Å². The van der Waals surface area contributed by atoms with E-state index in [9.17, 15) is 4.79 Å². The summed E-state index contributed by atoms with van der Waals surface area (Å²) in [6.07, 6.45) is 0. The van der Waals surface area contributed by atoms with Gasteiger partial charge in [-0.05, 0) is 58.6 Å². The molecule has 0 aromatic heterocycles. The molecule has 19 heavy (non-hydrogen) atoms. The van der Waals surface area contributed by atoms with Crippen molar-refractivity contribution in [2.24, 2.45) is 0 Å². The van der Waals surface area contributed by atoms with Crippen LogP contribution in [0.3, 0.4) is 0 Å². The zero-order valence-electron chi connectivity index (χ0n) is 12.8. The van der Waals surface area contributed by atoms with Gasteiger partial charge in [0, 0.05) is 30.4 Å². The molecule has 1 rings (SSSR count). The average Bonchev–Trinajstić information content (AvgIpc) is 2.35. The lowest BCUT2D eigenvalue weighted by molar-refractivity contribution is 0.0919. The molecule has 1 aromatic carbocycles. The summed E-state index contributed by atoms with van der Waals surface area (Å²) in [4.78, 5) is 14.2. The van der Waals surface area contributed by atoms with E-state index in [0.717, 1.165) is 11.3 Å². The first-order valence-electron chi connectivity index (χ1n) is 6.52. The molecular formula is C15H25N3O. The molecule has 106 valence electrons. The Morgan fingerprint density at radius 2 is 1.95 bits per heavy atom. The second kappa shape index (κ2) is 6.06. The Morgan fingerprint density at radius 3 is 2.42 bits per heavy atom. The van der Waals surface area contributed by atoms with Gasteiger partial charge in [0.1, 0.15) is 0 Å². The van der Waals surface area contributed by atoms with Gasteiger partial charge in [0.15, 0.2) is 0 Å². The minimum Gasteiger partial charge on any atom is -0.388 e. The van der Waals surface area contributed by atoms with Crippen LogP contribution in [0.4, 0.5) is 5.69 Å². The van der Waals surface area contributed by atoms with Gasteiger partial charge in [-0.3, -0.25) is 4.79 Å². The largest absolute Gasteiger partial charge is 0.388 e. The second-order valence-corrected chi connectivity index (χ2v) is 5.67. The number of amides is 1. The van der Waals surface area contributed by atoms with Crippen LogP contribution < -0.4 is 10.6 Å². The maximum atomic E-state index is 12.1. The first-order chi connectivity index (χ1) is 8.77. The SMILES string of the molecule is CNc1ccc(C(=O)NCC(C)(C)N(C)C)cc1C. The minimum atomic E-state index is -0.0599. The summed E-state index contributed by atoms with van der Waals surface area (Å²) in [6.45, 7) is 6.81. The number of hydrogen-bond donors (Lipinski definition) is 2. The van der Waals surface area contributed by atoms with Gasteiger partial charge in [0.05, 0.1) is 0 Å². The smallest absolute Gasteiger partial charge is 0.251 e. The summed E-state index contributed by atoms with van der Waals surface area (Å²) in [6, 6.07) is 5.68. The third-order valence-corrected chi connectivity index (χ3v) is 3.65. The van der Waals surface area contributed by atoms with Crippen molar-refractivity contribution in [3.05, 3.63) is 29.3 Å². The fourth-order valence-electron chi connectivity index (χ4n) is 1.64. The van der Waals surface area contributed by atoms with Crippen molar-refractivity contribution in [2.45, 2.75) is 26.3 Å².